The van der Waals surface area contributed by atoms with Crippen LogP contribution in [0.3, 0.4) is 0 Å². The smallest absolute Gasteiger partial charge is 1.00 e. The van der Waals surface area contributed by atoms with E-state index in [0.717, 1.165) is 12.8 Å². The van der Waals surface area contributed by atoms with E-state index in [4.69, 9.17) is 0 Å². The van der Waals surface area contributed by atoms with E-state index in [9.17, 15) is 4.79 Å². The van der Waals surface area contributed by atoms with Gasteiger partial charge in [0.05, 0.1) is 13.0 Å². The van der Waals surface area contributed by atoms with E-state index in [1.54, 1.807) is 0 Å². The van der Waals surface area contributed by atoms with Crippen LogP contribution in [-0.4, -0.2) is 50.8 Å². The zero-order valence-corrected chi connectivity index (χ0v) is 8.64. The molecule has 0 radical (unpaired) electrons. The summed E-state index contributed by atoms with van der Waals surface area (Å²) < 4.78 is 4.60. The summed E-state index contributed by atoms with van der Waals surface area (Å²) in [6.45, 7) is 0. The zero-order valence-electron chi connectivity index (χ0n) is 8.43. The number of ether oxygens (including phenoxy) is 1. The van der Waals surface area contributed by atoms with E-state index >= 15 is 0 Å². The predicted molar refractivity (Wildman–Crippen MR) is 42.0 cm³/mol. The Morgan fingerprint density at radius 1 is 1.50 bits per heavy atom. The molecule has 0 spiro atoms. The maximum atomic E-state index is 10.8. The van der Waals surface area contributed by atoms with Gasteiger partial charge in [-0.3, -0.25) is 4.79 Å². The number of esters is 1. The van der Waals surface area contributed by atoms with E-state index in [0.29, 0.717) is 0 Å². The van der Waals surface area contributed by atoms with E-state index in [1.807, 2.05) is 0 Å². The molecule has 0 aromatic heterocycles. The van der Waals surface area contributed by atoms with Crippen LogP contribution in [0.25, 0.3) is 0 Å². The summed E-state index contributed by atoms with van der Waals surface area (Å²) in [7, 11) is 1.46. The van der Waals surface area contributed by atoms with E-state index in [-0.39, 0.29) is 52.5 Å². The third-order valence-electron chi connectivity index (χ3n) is 1.89. The average molecular weight is 170 g/mol. The second kappa shape index (κ2) is 5.39. The molecule has 1 fully saturated rings. The quantitative estimate of drug-likeness (QED) is 0.436. The second-order valence-electron chi connectivity index (χ2n) is 2.50. The van der Waals surface area contributed by atoms with Crippen molar-refractivity contribution in [3.8, 4) is 0 Å². The Labute approximate surface area is 94.3 Å². The molecule has 0 N–H and O–H groups in total. The molecule has 0 amide bonds. The van der Waals surface area contributed by atoms with Crippen LogP contribution in [0.15, 0.2) is 0 Å². The van der Waals surface area contributed by atoms with Gasteiger partial charge >= 0.3 is 43.7 Å². The van der Waals surface area contributed by atoms with Crippen molar-refractivity contribution in [2.75, 3.05) is 7.11 Å². The van der Waals surface area contributed by atoms with Crippen LogP contribution in [-0.2, 0) is 9.53 Å². The Kier molecular flexibility index (Phi) is 5.78. The molecule has 3 heteroatoms. The van der Waals surface area contributed by atoms with Gasteiger partial charge in [0.25, 0.3) is 0 Å². The van der Waals surface area contributed by atoms with Gasteiger partial charge in [-0.15, -0.1) is 0 Å². The summed E-state index contributed by atoms with van der Waals surface area (Å²) in [6, 6.07) is 0. The monoisotopic (exact) mass is 170 g/mol. The van der Waals surface area contributed by atoms with Crippen LogP contribution in [0.4, 0.5) is 0 Å². The summed E-state index contributed by atoms with van der Waals surface area (Å²) in [5.41, 5.74) is 0. The number of hydrogen-bond donors (Lipinski definition) is 0. The third-order valence-corrected chi connectivity index (χ3v) is 1.89. The molecule has 0 bridgehead atoms. The van der Waals surface area contributed by atoms with Crippen LogP contribution in [0.2, 0.25) is 0 Å². The molecule has 1 rings (SSSR count). The Hall–Kier alpha value is 0.730. The van der Waals surface area contributed by atoms with Gasteiger partial charge in [-0.25, -0.2) is 0 Å². The van der Waals surface area contributed by atoms with Crippen molar-refractivity contribution in [2.45, 2.75) is 25.7 Å². The predicted octanol–water partition coefficient (Wildman–Crippen LogP) is 1.19. The van der Waals surface area contributed by atoms with Gasteiger partial charge in [-0.05, 0) is 12.8 Å². The molecule has 0 saturated heterocycles. The summed E-state index contributed by atoms with van der Waals surface area (Å²) in [5, 5.41) is 0. The van der Waals surface area contributed by atoms with Crippen molar-refractivity contribution < 1.29 is 12.4 Å². The molecular formula is C7H14CaO2. The van der Waals surface area contributed by atoms with Crippen LogP contribution in [0.1, 0.15) is 28.5 Å². The number of methoxy groups -OCH3 is 1. The van der Waals surface area contributed by atoms with Gasteiger partial charge in [-0.1, -0.05) is 12.8 Å². The first-order valence-electron chi connectivity index (χ1n) is 3.42. The maximum Gasteiger partial charge on any atom is 2.00 e. The Balaban J connectivity index is -0.000000270. The fourth-order valence-electron chi connectivity index (χ4n) is 1.33. The minimum Gasteiger partial charge on any atom is -1.00 e. The van der Waals surface area contributed by atoms with Crippen LogP contribution in [0.5, 0.6) is 0 Å². The molecule has 56 valence electrons. The average Bonchev–Trinajstić information content (AvgIpc) is 2.37. The topological polar surface area (TPSA) is 26.3 Å². The Bertz CT molecular complexity index is 116. The van der Waals surface area contributed by atoms with Gasteiger partial charge in [0.2, 0.25) is 0 Å². The molecule has 10 heavy (non-hydrogen) atoms. The first kappa shape index (κ1) is 10.7. The first-order valence-corrected chi connectivity index (χ1v) is 3.42. The molecule has 1 saturated carbocycles. The van der Waals surface area contributed by atoms with E-state index in [2.05, 4.69) is 4.74 Å². The van der Waals surface area contributed by atoms with E-state index in [1.165, 1.54) is 20.0 Å². The molecule has 1 aliphatic rings. The van der Waals surface area contributed by atoms with Crippen molar-refractivity contribution in [2.24, 2.45) is 5.92 Å². The Morgan fingerprint density at radius 3 is 2.40 bits per heavy atom. The van der Waals surface area contributed by atoms with Crippen molar-refractivity contribution in [3.05, 3.63) is 0 Å². The van der Waals surface area contributed by atoms with Crippen molar-refractivity contribution in [1.82, 2.24) is 0 Å². The SMILES string of the molecule is COC(=O)C1CCCC1.[Ca+2].[H-].[H-]. The van der Waals surface area contributed by atoms with Gasteiger partial charge in [0.15, 0.2) is 0 Å². The number of carbonyl (C=O) groups is 1. The first-order chi connectivity index (χ1) is 4.34. The second-order valence-corrected chi connectivity index (χ2v) is 2.50. The van der Waals surface area contributed by atoms with Crippen molar-refractivity contribution in [1.29, 1.82) is 0 Å². The van der Waals surface area contributed by atoms with Gasteiger partial charge in [0.1, 0.15) is 0 Å². The molecule has 1 aliphatic carbocycles. The number of hydrogen-bond acceptors (Lipinski definition) is 2. The summed E-state index contributed by atoms with van der Waals surface area (Å²) in [6.07, 6.45) is 4.46. The molecule has 0 atom stereocenters. The Morgan fingerprint density at radius 2 is 2.00 bits per heavy atom. The fraction of sp³-hybridized carbons (Fsp3) is 0.857. The third kappa shape index (κ3) is 2.77. The van der Waals surface area contributed by atoms with Crippen LogP contribution < -0.4 is 0 Å². The minimum atomic E-state index is -0.0208. The molecule has 0 heterocycles. The standard InChI is InChI=1S/C7H12O2.Ca.2H/c1-9-7(8)6-4-2-3-5-6;;;/h6H,2-5H2,1H3;;;/q;+2;2*-1. The van der Waals surface area contributed by atoms with Crippen molar-refractivity contribution in [3.63, 3.8) is 0 Å². The normalized spacial score (nSPS) is 18.1. The largest absolute Gasteiger partial charge is 2.00 e. The van der Waals surface area contributed by atoms with E-state index < -0.39 is 0 Å². The van der Waals surface area contributed by atoms with Gasteiger partial charge in [0, 0.05) is 0 Å². The maximum absolute atomic E-state index is 10.8. The van der Waals surface area contributed by atoms with Crippen molar-refractivity contribution >= 4 is 43.7 Å². The molecular weight excluding hydrogens is 156 g/mol. The zero-order chi connectivity index (χ0) is 6.69. The fourth-order valence-corrected chi connectivity index (χ4v) is 1.33. The minimum absolute atomic E-state index is 0. The molecule has 0 aromatic carbocycles. The number of rotatable bonds is 1. The molecule has 0 unspecified atom stereocenters. The van der Waals surface area contributed by atoms with Gasteiger partial charge in [-0.2, -0.15) is 0 Å². The molecule has 2 nitrogen and oxygen atoms in total. The van der Waals surface area contributed by atoms with Gasteiger partial charge < -0.3 is 7.59 Å². The number of carbonyl (C=O) groups excluding carboxylic acids is 1. The summed E-state index contributed by atoms with van der Waals surface area (Å²) in [5.74, 6) is 0.197. The van der Waals surface area contributed by atoms with Crippen LogP contribution in [0, 0.1) is 5.92 Å². The summed E-state index contributed by atoms with van der Waals surface area (Å²) in [4.78, 5) is 10.8. The molecule has 0 aliphatic heterocycles. The molecule has 0 aromatic rings. The summed E-state index contributed by atoms with van der Waals surface area (Å²) >= 11 is 0. The van der Waals surface area contributed by atoms with Crippen LogP contribution >= 0.6 is 0 Å².